The first-order valence-electron chi connectivity index (χ1n) is 9.73. The summed E-state index contributed by atoms with van der Waals surface area (Å²) in [6.45, 7) is 5.24. The number of hydrogen-bond donors (Lipinski definition) is 1. The van der Waals surface area contributed by atoms with Crippen LogP contribution in [0.3, 0.4) is 0 Å². The van der Waals surface area contributed by atoms with Gasteiger partial charge in [-0.25, -0.2) is 0 Å². The molecule has 142 valence electrons. The standard InChI is InChI=1S/C20H27NO5/c1-11-5-6-15(22)20(2)8-7-12-13(19(25)26-17(12)16(11)20)10-21-9-3-4-14(21)18(23)24/h12-14,17H,3-10H2,1-2H3,(H,23,24)/t12-,13-,14-,17+,20-/m0/s1. The second-order valence-electron chi connectivity index (χ2n) is 8.61. The number of aliphatic carboxylic acids is 1. The van der Waals surface area contributed by atoms with Crippen LogP contribution in [-0.4, -0.2) is 53.0 Å². The molecule has 1 N–H and O–H groups in total. The lowest BCUT2D eigenvalue weighted by molar-refractivity contribution is -0.147. The number of carboxylic acids is 1. The van der Waals surface area contributed by atoms with E-state index in [2.05, 4.69) is 6.92 Å². The summed E-state index contributed by atoms with van der Waals surface area (Å²) in [6.07, 6.45) is 4.06. The maximum atomic E-state index is 12.7. The van der Waals surface area contributed by atoms with Crippen molar-refractivity contribution in [3.05, 3.63) is 11.1 Å². The zero-order valence-electron chi connectivity index (χ0n) is 15.5. The van der Waals surface area contributed by atoms with Gasteiger partial charge in [0.1, 0.15) is 17.9 Å². The topological polar surface area (TPSA) is 83.9 Å². The van der Waals surface area contributed by atoms with Crippen molar-refractivity contribution in [2.75, 3.05) is 13.1 Å². The third-order valence-corrected chi connectivity index (χ3v) is 7.19. The second-order valence-corrected chi connectivity index (χ2v) is 8.61. The molecule has 4 aliphatic rings. The molecule has 0 unspecified atom stereocenters. The number of fused-ring (bicyclic) bond motifs is 3. The SMILES string of the molecule is CC1=C2[C@@H]3OC(=O)[C@@H](CN4CCC[C@H]4C(=O)O)[C@@H]3CC[C@@]2(C)C(=O)CC1. The van der Waals surface area contributed by atoms with Crippen LogP contribution >= 0.6 is 0 Å². The highest BCUT2D eigenvalue weighted by Crippen LogP contribution is 2.54. The number of ether oxygens (including phenoxy) is 1. The van der Waals surface area contributed by atoms with Crippen molar-refractivity contribution in [2.45, 2.75) is 64.5 Å². The van der Waals surface area contributed by atoms with Gasteiger partial charge in [-0.3, -0.25) is 19.3 Å². The third kappa shape index (κ3) is 2.53. The number of hydrogen-bond acceptors (Lipinski definition) is 5. The van der Waals surface area contributed by atoms with Crippen molar-refractivity contribution in [3.63, 3.8) is 0 Å². The summed E-state index contributed by atoms with van der Waals surface area (Å²) >= 11 is 0. The number of esters is 1. The van der Waals surface area contributed by atoms with E-state index >= 15 is 0 Å². The molecule has 6 nitrogen and oxygen atoms in total. The predicted molar refractivity (Wildman–Crippen MR) is 93.4 cm³/mol. The molecular weight excluding hydrogens is 334 g/mol. The molecule has 0 aromatic rings. The van der Waals surface area contributed by atoms with Gasteiger partial charge in [0.25, 0.3) is 0 Å². The van der Waals surface area contributed by atoms with Gasteiger partial charge < -0.3 is 9.84 Å². The molecule has 0 amide bonds. The normalized spacial score (nSPS) is 40.4. The molecule has 2 aliphatic heterocycles. The lowest BCUT2D eigenvalue weighted by Crippen LogP contribution is -2.47. The van der Waals surface area contributed by atoms with Crippen LogP contribution in [0.15, 0.2) is 11.1 Å². The van der Waals surface area contributed by atoms with E-state index in [1.807, 2.05) is 11.8 Å². The first kappa shape index (κ1) is 17.7. The monoisotopic (exact) mass is 361 g/mol. The van der Waals surface area contributed by atoms with Gasteiger partial charge >= 0.3 is 11.9 Å². The van der Waals surface area contributed by atoms with Crippen molar-refractivity contribution in [3.8, 4) is 0 Å². The largest absolute Gasteiger partial charge is 0.480 e. The van der Waals surface area contributed by atoms with Crippen LogP contribution in [0.2, 0.25) is 0 Å². The van der Waals surface area contributed by atoms with Crippen LogP contribution in [0.4, 0.5) is 0 Å². The highest BCUT2D eigenvalue weighted by molar-refractivity contribution is 5.90. The van der Waals surface area contributed by atoms with E-state index in [-0.39, 0.29) is 29.7 Å². The van der Waals surface area contributed by atoms with Crippen molar-refractivity contribution >= 4 is 17.7 Å². The maximum absolute atomic E-state index is 12.7. The Balaban J connectivity index is 1.59. The van der Waals surface area contributed by atoms with Crippen LogP contribution in [0.5, 0.6) is 0 Å². The molecule has 0 aromatic carbocycles. The van der Waals surface area contributed by atoms with Crippen molar-refractivity contribution in [1.82, 2.24) is 4.90 Å². The Morgan fingerprint density at radius 3 is 2.81 bits per heavy atom. The van der Waals surface area contributed by atoms with Crippen molar-refractivity contribution < 1.29 is 24.2 Å². The lowest BCUT2D eigenvalue weighted by Gasteiger charge is -2.45. The van der Waals surface area contributed by atoms with Crippen LogP contribution in [0.25, 0.3) is 0 Å². The molecule has 0 spiro atoms. The maximum Gasteiger partial charge on any atom is 0.320 e. The summed E-state index contributed by atoms with van der Waals surface area (Å²) in [5.41, 5.74) is 1.74. The minimum atomic E-state index is -0.807. The molecule has 6 heteroatoms. The molecule has 0 bridgehead atoms. The number of carbonyl (C=O) groups excluding carboxylic acids is 2. The summed E-state index contributed by atoms with van der Waals surface area (Å²) in [5.74, 6) is -0.999. The summed E-state index contributed by atoms with van der Waals surface area (Å²) in [5, 5.41) is 9.41. The van der Waals surface area contributed by atoms with Gasteiger partial charge in [-0.15, -0.1) is 0 Å². The Labute approximate surface area is 153 Å². The lowest BCUT2D eigenvalue weighted by atomic mass is 9.59. The molecule has 2 heterocycles. The first-order valence-corrected chi connectivity index (χ1v) is 9.73. The highest BCUT2D eigenvalue weighted by atomic mass is 16.6. The number of allylic oxidation sites excluding steroid dienone is 1. The van der Waals surface area contributed by atoms with Gasteiger partial charge in [-0.05, 0) is 58.1 Å². The fourth-order valence-electron chi connectivity index (χ4n) is 5.72. The number of rotatable bonds is 3. The second kappa shape index (κ2) is 6.19. The molecule has 0 radical (unpaired) electrons. The number of Topliss-reactive ketones (excluding diaryl/α,β-unsaturated/α-hetero) is 1. The summed E-state index contributed by atoms with van der Waals surface area (Å²) < 4.78 is 5.81. The molecule has 3 fully saturated rings. The fraction of sp³-hybridized carbons (Fsp3) is 0.750. The Bertz CT molecular complexity index is 698. The quantitative estimate of drug-likeness (QED) is 0.613. The van der Waals surface area contributed by atoms with E-state index in [1.54, 1.807) is 0 Å². The van der Waals surface area contributed by atoms with E-state index in [0.717, 1.165) is 37.8 Å². The molecular formula is C20H27NO5. The molecule has 4 rings (SSSR count). The summed E-state index contributed by atoms with van der Waals surface area (Å²) in [6, 6.07) is -0.493. The first-order chi connectivity index (χ1) is 12.3. The zero-order valence-corrected chi connectivity index (χ0v) is 15.5. The Hall–Kier alpha value is -1.69. The number of carboxylic acid groups (broad SMARTS) is 1. The number of ketones is 1. The van der Waals surface area contributed by atoms with Crippen molar-refractivity contribution in [1.29, 1.82) is 0 Å². The summed E-state index contributed by atoms with van der Waals surface area (Å²) in [7, 11) is 0. The molecule has 0 aromatic heterocycles. The van der Waals surface area contributed by atoms with Gasteiger partial charge in [0.2, 0.25) is 0 Å². The number of nitrogens with zero attached hydrogens (tertiary/aromatic N) is 1. The van der Waals surface area contributed by atoms with Gasteiger partial charge in [-0.1, -0.05) is 5.57 Å². The Morgan fingerprint density at radius 1 is 1.31 bits per heavy atom. The average molecular weight is 361 g/mol. The van der Waals surface area contributed by atoms with Crippen LogP contribution in [0, 0.1) is 17.3 Å². The van der Waals surface area contributed by atoms with E-state index in [9.17, 15) is 19.5 Å². The molecule has 5 atom stereocenters. The van der Waals surface area contributed by atoms with E-state index < -0.39 is 17.4 Å². The third-order valence-electron chi connectivity index (χ3n) is 7.19. The van der Waals surface area contributed by atoms with Gasteiger partial charge in [0, 0.05) is 18.9 Å². The van der Waals surface area contributed by atoms with Gasteiger partial charge in [0.05, 0.1) is 11.3 Å². The molecule has 26 heavy (non-hydrogen) atoms. The predicted octanol–water partition coefficient (Wildman–Crippen LogP) is 2.17. The molecule has 1 saturated carbocycles. The van der Waals surface area contributed by atoms with Gasteiger partial charge in [0.15, 0.2) is 0 Å². The smallest absolute Gasteiger partial charge is 0.320 e. The minimum Gasteiger partial charge on any atom is -0.480 e. The summed E-state index contributed by atoms with van der Waals surface area (Å²) in [4.78, 5) is 38.6. The molecule has 2 aliphatic carbocycles. The highest BCUT2D eigenvalue weighted by Gasteiger charge is 2.57. The Kier molecular flexibility index (Phi) is 4.21. The fourth-order valence-corrected chi connectivity index (χ4v) is 5.72. The zero-order chi connectivity index (χ0) is 18.6. The van der Waals surface area contributed by atoms with Crippen LogP contribution < -0.4 is 0 Å². The van der Waals surface area contributed by atoms with E-state index in [4.69, 9.17) is 4.74 Å². The van der Waals surface area contributed by atoms with E-state index in [1.165, 1.54) is 5.57 Å². The van der Waals surface area contributed by atoms with E-state index in [0.29, 0.717) is 19.4 Å². The Morgan fingerprint density at radius 2 is 2.08 bits per heavy atom. The van der Waals surface area contributed by atoms with Crippen LogP contribution in [-0.2, 0) is 19.1 Å². The number of carbonyl (C=O) groups is 3. The average Bonchev–Trinajstić information content (AvgIpc) is 3.16. The van der Waals surface area contributed by atoms with Crippen LogP contribution in [0.1, 0.15) is 52.4 Å². The minimum absolute atomic E-state index is 0.0569. The molecule has 2 saturated heterocycles. The van der Waals surface area contributed by atoms with Gasteiger partial charge in [-0.2, -0.15) is 0 Å². The number of likely N-dealkylation sites (tertiary alicyclic amines) is 1. The van der Waals surface area contributed by atoms with Crippen molar-refractivity contribution in [2.24, 2.45) is 17.3 Å².